The Balaban J connectivity index is 1.24. The molecule has 196 valence electrons. The van der Waals surface area contributed by atoms with E-state index in [1.165, 1.54) is 65.4 Å². The standard InChI is InChI=1S/C40H26N2/c1-2-9-32(10-3-1)41-25-24-29-18-23-37-36-12-6-7-13-38(36)42(40(37)39(29)41)33-20-16-27(17-21-33)30-19-22-35-31(26-30)15-14-28-8-4-5-11-34(28)35/h1-26H. The fourth-order valence-corrected chi connectivity index (χ4v) is 6.74. The van der Waals surface area contributed by atoms with Crippen molar-refractivity contribution >= 4 is 54.3 Å². The molecular weight excluding hydrogens is 508 g/mol. The average molecular weight is 535 g/mol. The Labute approximate surface area is 243 Å². The highest BCUT2D eigenvalue weighted by atomic mass is 15.0. The number of nitrogens with zero attached hydrogens (tertiary/aromatic N) is 2. The second-order valence-corrected chi connectivity index (χ2v) is 11.0. The summed E-state index contributed by atoms with van der Waals surface area (Å²) < 4.78 is 4.75. The maximum atomic E-state index is 2.43. The number of hydrogen-bond donors (Lipinski definition) is 0. The average Bonchev–Trinajstić information content (AvgIpc) is 3.64. The predicted molar refractivity (Wildman–Crippen MR) is 178 cm³/mol. The van der Waals surface area contributed by atoms with Crippen molar-refractivity contribution in [1.82, 2.24) is 9.13 Å². The minimum Gasteiger partial charge on any atom is -0.315 e. The molecule has 2 nitrogen and oxygen atoms in total. The summed E-state index contributed by atoms with van der Waals surface area (Å²) in [5.41, 5.74) is 8.43. The molecule has 7 aromatic carbocycles. The van der Waals surface area contributed by atoms with E-state index >= 15 is 0 Å². The smallest absolute Gasteiger partial charge is 0.0788 e. The normalized spacial score (nSPS) is 11.8. The highest BCUT2D eigenvalue weighted by Crippen LogP contribution is 2.38. The van der Waals surface area contributed by atoms with Gasteiger partial charge in [0, 0.05) is 33.7 Å². The molecule has 2 aromatic heterocycles. The van der Waals surface area contributed by atoms with Crippen molar-refractivity contribution in [2.75, 3.05) is 0 Å². The maximum Gasteiger partial charge on any atom is 0.0788 e. The summed E-state index contributed by atoms with van der Waals surface area (Å²) in [5, 5.41) is 8.90. The van der Waals surface area contributed by atoms with Crippen molar-refractivity contribution in [3.8, 4) is 22.5 Å². The first kappa shape index (κ1) is 23.1. The summed E-state index contributed by atoms with van der Waals surface area (Å²) in [4.78, 5) is 0. The van der Waals surface area contributed by atoms with Gasteiger partial charge in [0.15, 0.2) is 0 Å². The fourth-order valence-electron chi connectivity index (χ4n) is 6.74. The Morgan fingerprint density at radius 2 is 1.02 bits per heavy atom. The summed E-state index contributed by atoms with van der Waals surface area (Å²) in [7, 11) is 0. The molecule has 0 aliphatic carbocycles. The van der Waals surface area contributed by atoms with Crippen LogP contribution >= 0.6 is 0 Å². The molecule has 0 fully saturated rings. The highest BCUT2D eigenvalue weighted by molar-refractivity contribution is 6.18. The van der Waals surface area contributed by atoms with Gasteiger partial charge in [-0.1, -0.05) is 109 Å². The van der Waals surface area contributed by atoms with Gasteiger partial charge < -0.3 is 9.13 Å². The third kappa shape index (κ3) is 3.39. The molecule has 0 saturated heterocycles. The molecule has 0 radical (unpaired) electrons. The van der Waals surface area contributed by atoms with Crippen molar-refractivity contribution < 1.29 is 0 Å². The minimum atomic E-state index is 1.16. The topological polar surface area (TPSA) is 9.86 Å². The minimum absolute atomic E-state index is 1.16. The number of rotatable bonds is 3. The first-order chi connectivity index (χ1) is 20.8. The SMILES string of the molecule is c1ccc(-n2ccc3ccc4c5ccccc5n(-c5ccc(-c6ccc7c(ccc8ccccc87)c6)cc5)c4c32)cc1. The Morgan fingerprint density at radius 3 is 1.90 bits per heavy atom. The van der Waals surface area contributed by atoms with Gasteiger partial charge in [0.05, 0.1) is 16.6 Å². The van der Waals surface area contributed by atoms with Gasteiger partial charge >= 0.3 is 0 Å². The number of aromatic nitrogens is 2. The molecule has 42 heavy (non-hydrogen) atoms. The lowest BCUT2D eigenvalue weighted by atomic mass is 9.97. The van der Waals surface area contributed by atoms with Crippen molar-refractivity contribution in [3.63, 3.8) is 0 Å². The van der Waals surface area contributed by atoms with Gasteiger partial charge in [-0.05, 0) is 75.1 Å². The number of fused-ring (bicyclic) bond motifs is 8. The van der Waals surface area contributed by atoms with Crippen LogP contribution in [0.3, 0.4) is 0 Å². The van der Waals surface area contributed by atoms with Crippen LogP contribution in [0, 0.1) is 0 Å². The fraction of sp³-hybridized carbons (Fsp3) is 0. The molecule has 9 aromatic rings. The van der Waals surface area contributed by atoms with E-state index in [-0.39, 0.29) is 0 Å². The van der Waals surface area contributed by atoms with Crippen LogP contribution in [0.5, 0.6) is 0 Å². The predicted octanol–water partition coefficient (Wildman–Crippen LogP) is 10.7. The molecule has 0 aliphatic heterocycles. The highest BCUT2D eigenvalue weighted by Gasteiger charge is 2.17. The molecule has 0 spiro atoms. The van der Waals surface area contributed by atoms with Crippen molar-refractivity contribution in [3.05, 3.63) is 158 Å². The summed E-state index contributed by atoms with van der Waals surface area (Å²) in [6.07, 6.45) is 2.19. The Kier molecular flexibility index (Phi) is 4.93. The second kappa shape index (κ2) is 8.95. The molecule has 9 rings (SSSR count). The van der Waals surface area contributed by atoms with E-state index in [2.05, 4.69) is 167 Å². The summed E-state index contributed by atoms with van der Waals surface area (Å²) in [6.45, 7) is 0. The third-order valence-electron chi connectivity index (χ3n) is 8.72. The van der Waals surface area contributed by atoms with E-state index in [1.807, 2.05) is 0 Å². The molecule has 0 N–H and O–H groups in total. The zero-order chi connectivity index (χ0) is 27.6. The molecule has 0 aliphatic rings. The first-order valence-corrected chi connectivity index (χ1v) is 14.4. The van der Waals surface area contributed by atoms with Gasteiger partial charge in [-0.25, -0.2) is 0 Å². The van der Waals surface area contributed by atoms with Crippen LogP contribution in [0.2, 0.25) is 0 Å². The van der Waals surface area contributed by atoms with E-state index in [0.29, 0.717) is 0 Å². The van der Waals surface area contributed by atoms with Crippen LogP contribution < -0.4 is 0 Å². The van der Waals surface area contributed by atoms with E-state index < -0.39 is 0 Å². The van der Waals surface area contributed by atoms with Crippen molar-refractivity contribution in [1.29, 1.82) is 0 Å². The monoisotopic (exact) mass is 534 g/mol. The second-order valence-electron chi connectivity index (χ2n) is 11.0. The summed E-state index contributed by atoms with van der Waals surface area (Å²) >= 11 is 0. The summed E-state index contributed by atoms with van der Waals surface area (Å²) in [5.74, 6) is 0. The van der Waals surface area contributed by atoms with Gasteiger partial charge in [-0.3, -0.25) is 0 Å². The van der Waals surface area contributed by atoms with E-state index in [1.54, 1.807) is 0 Å². The zero-order valence-corrected chi connectivity index (χ0v) is 22.9. The molecular formula is C40H26N2. The molecule has 2 heteroatoms. The van der Waals surface area contributed by atoms with Crippen LogP contribution in [-0.4, -0.2) is 9.13 Å². The lowest BCUT2D eigenvalue weighted by Crippen LogP contribution is -1.98. The van der Waals surface area contributed by atoms with E-state index in [9.17, 15) is 0 Å². The van der Waals surface area contributed by atoms with Gasteiger partial charge in [0.1, 0.15) is 0 Å². The largest absolute Gasteiger partial charge is 0.315 e. The quantitative estimate of drug-likeness (QED) is 0.200. The lowest BCUT2D eigenvalue weighted by molar-refractivity contribution is 1.12. The molecule has 0 saturated carbocycles. The van der Waals surface area contributed by atoms with Crippen molar-refractivity contribution in [2.24, 2.45) is 0 Å². The maximum absolute atomic E-state index is 2.43. The third-order valence-corrected chi connectivity index (χ3v) is 8.72. The molecule has 0 amide bonds. The van der Waals surface area contributed by atoms with Crippen LogP contribution in [0.4, 0.5) is 0 Å². The number of para-hydroxylation sites is 2. The molecule has 0 unspecified atom stereocenters. The Morgan fingerprint density at radius 1 is 0.357 bits per heavy atom. The van der Waals surface area contributed by atoms with Crippen LogP contribution in [0.15, 0.2) is 158 Å². The van der Waals surface area contributed by atoms with Crippen molar-refractivity contribution in [2.45, 2.75) is 0 Å². The van der Waals surface area contributed by atoms with Crippen LogP contribution in [-0.2, 0) is 0 Å². The van der Waals surface area contributed by atoms with Gasteiger partial charge in [0.25, 0.3) is 0 Å². The summed E-state index contributed by atoms with van der Waals surface area (Å²) in [6, 6.07) is 55.1. The Bertz CT molecular complexity index is 2440. The van der Waals surface area contributed by atoms with Crippen LogP contribution in [0.25, 0.3) is 76.8 Å². The first-order valence-electron chi connectivity index (χ1n) is 14.4. The zero-order valence-electron chi connectivity index (χ0n) is 22.9. The number of hydrogen-bond acceptors (Lipinski definition) is 0. The van der Waals surface area contributed by atoms with Gasteiger partial charge in [-0.2, -0.15) is 0 Å². The van der Waals surface area contributed by atoms with E-state index in [4.69, 9.17) is 0 Å². The molecule has 0 atom stereocenters. The Hall–Kier alpha value is -5.60. The lowest BCUT2D eigenvalue weighted by Gasteiger charge is -2.13. The molecule has 0 bridgehead atoms. The van der Waals surface area contributed by atoms with Crippen LogP contribution in [0.1, 0.15) is 0 Å². The number of benzene rings is 7. The van der Waals surface area contributed by atoms with Gasteiger partial charge in [0.2, 0.25) is 0 Å². The molecule has 2 heterocycles. The van der Waals surface area contributed by atoms with Gasteiger partial charge in [-0.15, -0.1) is 0 Å². The van der Waals surface area contributed by atoms with E-state index in [0.717, 1.165) is 11.4 Å².